The Morgan fingerprint density at radius 2 is 2.00 bits per heavy atom. The number of sulfone groups is 1. The van der Waals surface area contributed by atoms with Gasteiger partial charge >= 0.3 is 0 Å². The van der Waals surface area contributed by atoms with Gasteiger partial charge in [-0.05, 0) is 26.9 Å². The molecule has 0 saturated heterocycles. The van der Waals surface area contributed by atoms with Gasteiger partial charge in [-0.2, -0.15) is 0 Å². The van der Waals surface area contributed by atoms with E-state index in [1.54, 1.807) is 0 Å². The molecule has 1 unspecified atom stereocenters. The molecule has 0 bridgehead atoms. The Labute approximate surface area is 94.0 Å². The van der Waals surface area contributed by atoms with Gasteiger partial charge < -0.3 is 10.2 Å². The van der Waals surface area contributed by atoms with Crippen molar-refractivity contribution in [3.05, 3.63) is 0 Å². The van der Waals surface area contributed by atoms with E-state index >= 15 is 0 Å². The highest BCUT2D eigenvalue weighted by molar-refractivity contribution is 7.90. The molecule has 1 atom stereocenters. The Hall–Kier alpha value is -0.130. The van der Waals surface area contributed by atoms with Crippen LogP contribution < -0.4 is 5.32 Å². The van der Waals surface area contributed by atoms with E-state index in [9.17, 15) is 8.42 Å². The second-order valence-corrected chi connectivity index (χ2v) is 6.42. The van der Waals surface area contributed by atoms with Gasteiger partial charge in [-0.3, -0.25) is 0 Å². The van der Waals surface area contributed by atoms with Crippen LogP contribution in [0.5, 0.6) is 0 Å². The highest BCUT2D eigenvalue weighted by atomic mass is 32.2. The van der Waals surface area contributed by atoms with E-state index in [4.69, 9.17) is 0 Å². The van der Waals surface area contributed by atoms with Crippen LogP contribution in [0, 0.1) is 0 Å². The lowest BCUT2D eigenvalue weighted by Crippen LogP contribution is -2.40. The van der Waals surface area contributed by atoms with Crippen LogP contribution in [0.15, 0.2) is 0 Å². The number of hydrogen-bond donors (Lipinski definition) is 1. The van der Waals surface area contributed by atoms with E-state index in [1.807, 2.05) is 7.05 Å². The maximum atomic E-state index is 11.0. The molecule has 0 aromatic carbocycles. The van der Waals surface area contributed by atoms with Crippen LogP contribution in [0.3, 0.4) is 0 Å². The molecule has 0 aromatic rings. The molecule has 0 aliphatic rings. The summed E-state index contributed by atoms with van der Waals surface area (Å²) in [5.74, 6) is 0.238. The van der Waals surface area contributed by atoms with Crippen molar-refractivity contribution in [3.63, 3.8) is 0 Å². The minimum absolute atomic E-state index is 0.238. The average molecular weight is 236 g/mol. The number of rotatable bonds is 8. The van der Waals surface area contributed by atoms with Crippen molar-refractivity contribution in [2.45, 2.75) is 26.3 Å². The van der Waals surface area contributed by atoms with Crippen LogP contribution in [0.25, 0.3) is 0 Å². The standard InChI is InChI=1S/C10H24N2O2S/c1-5-6-11-9-10(2)12(3)7-8-15(4,13)14/h10-11H,5-9H2,1-4H3. The van der Waals surface area contributed by atoms with Crippen LogP contribution in [0.4, 0.5) is 0 Å². The van der Waals surface area contributed by atoms with E-state index < -0.39 is 9.84 Å². The fraction of sp³-hybridized carbons (Fsp3) is 1.00. The number of nitrogens with one attached hydrogen (secondary N) is 1. The molecular formula is C10H24N2O2S. The predicted molar refractivity (Wildman–Crippen MR) is 65.0 cm³/mol. The Bertz CT molecular complexity index is 252. The summed E-state index contributed by atoms with van der Waals surface area (Å²) >= 11 is 0. The van der Waals surface area contributed by atoms with Gasteiger partial charge in [0.15, 0.2) is 0 Å². The average Bonchev–Trinajstić information content (AvgIpc) is 2.13. The molecule has 0 aliphatic carbocycles. The van der Waals surface area contributed by atoms with Crippen LogP contribution in [-0.2, 0) is 9.84 Å². The molecule has 0 aromatic heterocycles. The van der Waals surface area contributed by atoms with E-state index in [2.05, 4.69) is 24.1 Å². The van der Waals surface area contributed by atoms with Crippen LogP contribution in [0.1, 0.15) is 20.3 Å². The van der Waals surface area contributed by atoms with Gasteiger partial charge in [-0.15, -0.1) is 0 Å². The van der Waals surface area contributed by atoms with Gasteiger partial charge in [-0.1, -0.05) is 6.92 Å². The molecule has 0 aliphatic heterocycles. The Balaban J connectivity index is 3.74. The van der Waals surface area contributed by atoms with Gasteiger partial charge in [-0.25, -0.2) is 8.42 Å². The minimum atomic E-state index is -2.84. The van der Waals surface area contributed by atoms with Crippen molar-refractivity contribution in [1.29, 1.82) is 0 Å². The molecule has 5 heteroatoms. The third-order valence-electron chi connectivity index (χ3n) is 2.43. The highest BCUT2D eigenvalue weighted by Crippen LogP contribution is 1.95. The minimum Gasteiger partial charge on any atom is -0.315 e. The third-order valence-corrected chi connectivity index (χ3v) is 3.36. The zero-order valence-electron chi connectivity index (χ0n) is 10.3. The van der Waals surface area contributed by atoms with Crippen molar-refractivity contribution < 1.29 is 8.42 Å². The van der Waals surface area contributed by atoms with Gasteiger partial charge in [0.2, 0.25) is 0 Å². The Morgan fingerprint density at radius 1 is 1.40 bits per heavy atom. The summed E-state index contributed by atoms with van der Waals surface area (Å²) in [5, 5.41) is 3.32. The molecule has 15 heavy (non-hydrogen) atoms. The van der Waals surface area contributed by atoms with Crippen molar-refractivity contribution in [3.8, 4) is 0 Å². The molecule has 0 spiro atoms. The fourth-order valence-electron chi connectivity index (χ4n) is 1.17. The zero-order valence-corrected chi connectivity index (χ0v) is 11.1. The first-order valence-corrected chi connectivity index (χ1v) is 7.51. The number of hydrogen-bond acceptors (Lipinski definition) is 4. The van der Waals surface area contributed by atoms with Crippen LogP contribution in [0.2, 0.25) is 0 Å². The van der Waals surface area contributed by atoms with E-state index in [1.165, 1.54) is 6.26 Å². The zero-order chi connectivity index (χ0) is 11.9. The van der Waals surface area contributed by atoms with Crippen LogP contribution >= 0.6 is 0 Å². The fourth-order valence-corrected chi connectivity index (χ4v) is 1.79. The molecule has 0 fully saturated rings. The highest BCUT2D eigenvalue weighted by Gasteiger charge is 2.10. The molecule has 0 amide bonds. The molecule has 1 N–H and O–H groups in total. The lowest BCUT2D eigenvalue weighted by molar-refractivity contribution is 0.264. The summed E-state index contributed by atoms with van der Waals surface area (Å²) in [6.07, 6.45) is 2.40. The second kappa shape index (κ2) is 7.19. The van der Waals surface area contributed by atoms with Gasteiger partial charge in [0, 0.05) is 25.4 Å². The van der Waals surface area contributed by atoms with Crippen molar-refractivity contribution in [2.24, 2.45) is 0 Å². The lowest BCUT2D eigenvalue weighted by Gasteiger charge is -2.24. The van der Waals surface area contributed by atoms with Crippen LogP contribution in [-0.4, -0.2) is 58.1 Å². The van der Waals surface area contributed by atoms with Crippen molar-refractivity contribution >= 4 is 9.84 Å². The quantitative estimate of drug-likeness (QED) is 0.618. The smallest absolute Gasteiger partial charge is 0.148 e. The van der Waals surface area contributed by atoms with Crippen molar-refractivity contribution in [2.75, 3.05) is 38.7 Å². The number of nitrogens with zero attached hydrogens (tertiary/aromatic N) is 1. The first kappa shape index (κ1) is 14.9. The SMILES string of the molecule is CCCNCC(C)N(C)CCS(C)(=O)=O. The molecular weight excluding hydrogens is 212 g/mol. The monoisotopic (exact) mass is 236 g/mol. The molecule has 92 valence electrons. The molecule has 0 heterocycles. The van der Waals surface area contributed by atoms with Gasteiger partial charge in [0.25, 0.3) is 0 Å². The lowest BCUT2D eigenvalue weighted by atomic mass is 10.3. The first-order chi connectivity index (χ1) is 6.87. The van der Waals surface area contributed by atoms with Crippen molar-refractivity contribution in [1.82, 2.24) is 10.2 Å². The van der Waals surface area contributed by atoms with E-state index in [0.717, 1.165) is 19.5 Å². The molecule has 0 radical (unpaired) electrons. The summed E-state index contributed by atoms with van der Waals surface area (Å²) in [4.78, 5) is 2.07. The number of likely N-dealkylation sites (N-methyl/N-ethyl adjacent to an activating group) is 1. The summed E-state index contributed by atoms with van der Waals surface area (Å²) in [6, 6.07) is 0.373. The summed E-state index contributed by atoms with van der Waals surface area (Å²) in [7, 11) is -0.878. The maximum absolute atomic E-state index is 11.0. The van der Waals surface area contributed by atoms with E-state index in [-0.39, 0.29) is 5.75 Å². The molecule has 0 rings (SSSR count). The predicted octanol–water partition coefficient (Wildman–Crippen LogP) is 0.351. The van der Waals surface area contributed by atoms with E-state index in [0.29, 0.717) is 12.6 Å². The topological polar surface area (TPSA) is 49.4 Å². The summed E-state index contributed by atoms with van der Waals surface area (Å²) in [5.41, 5.74) is 0. The van der Waals surface area contributed by atoms with Gasteiger partial charge in [0.1, 0.15) is 9.84 Å². The summed E-state index contributed by atoms with van der Waals surface area (Å²) < 4.78 is 22.0. The normalized spacial score (nSPS) is 14.5. The molecule has 0 saturated carbocycles. The Kier molecular flexibility index (Phi) is 7.13. The first-order valence-electron chi connectivity index (χ1n) is 5.45. The second-order valence-electron chi connectivity index (χ2n) is 4.16. The maximum Gasteiger partial charge on any atom is 0.148 e. The largest absolute Gasteiger partial charge is 0.315 e. The van der Waals surface area contributed by atoms with Gasteiger partial charge in [0.05, 0.1) is 5.75 Å². The molecule has 4 nitrogen and oxygen atoms in total. The Morgan fingerprint density at radius 3 is 2.47 bits per heavy atom. The third kappa shape index (κ3) is 8.84. The summed E-state index contributed by atoms with van der Waals surface area (Å²) in [6.45, 7) is 6.77.